The maximum atomic E-state index is 5.55. The summed E-state index contributed by atoms with van der Waals surface area (Å²) < 4.78 is 0. The topological polar surface area (TPSA) is 63.8 Å². The summed E-state index contributed by atoms with van der Waals surface area (Å²) in [7, 11) is 0. The van der Waals surface area contributed by atoms with Crippen LogP contribution in [0.4, 0.5) is 5.13 Å². The smallest absolute Gasteiger partial charge is 0.180 e. The van der Waals surface area contributed by atoms with Crippen LogP contribution in [0.25, 0.3) is 0 Å². The minimum atomic E-state index is 0.650. The van der Waals surface area contributed by atoms with Gasteiger partial charge in [-0.2, -0.15) is 0 Å². The fourth-order valence-electron chi connectivity index (χ4n) is 1.36. The summed E-state index contributed by atoms with van der Waals surface area (Å²) in [6, 6.07) is 0. The Labute approximate surface area is 103 Å². The molecule has 0 fully saturated rings. The summed E-state index contributed by atoms with van der Waals surface area (Å²) in [6.45, 7) is 1.90. The Hall–Kier alpha value is -0.980. The molecule has 2 rings (SSSR count). The van der Waals surface area contributed by atoms with Crippen molar-refractivity contribution in [2.24, 2.45) is 0 Å². The van der Waals surface area contributed by atoms with Crippen LogP contribution < -0.4 is 11.1 Å². The molecule has 0 atom stereocenters. The van der Waals surface area contributed by atoms with Gasteiger partial charge in [-0.25, -0.2) is 9.97 Å². The second kappa shape index (κ2) is 5.93. The molecule has 0 saturated heterocycles. The van der Waals surface area contributed by atoms with E-state index in [4.69, 9.17) is 5.73 Å². The lowest BCUT2D eigenvalue weighted by atomic mass is 10.3. The van der Waals surface area contributed by atoms with Crippen molar-refractivity contribution in [1.29, 1.82) is 0 Å². The second-order valence-corrected chi connectivity index (χ2v) is 5.02. The van der Waals surface area contributed by atoms with Gasteiger partial charge in [0.05, 0.1) is 16.9 Å². The first kappa shape index (κ1) is 11.5. The standard InChI is InChI=1S/C10H14N4S2/c11-10-14-9(6-16-10)2-4-12-3-1-8-5-15-7-13-8/h5-7,12H,1-4H2,(H2,11,14). The van der Waals surface area contributed by atoms with Crippen LogP contribution >= 0.6 is 22.7 Å². The summed E-state index contributed by atoms with van der Waals surface area (Å²) >= 11 is 3.14. The normalized spacial score (nSPS) is 10.8. The van der Waals surface area contributed by atoms with Crippen LogP contribution in [0.3, 0.4) is 0 Å². The van der Waals surface area contributed by atoms with E-state index in [0.717, 1.165) is 37.3 Å². The number of hydrogen-bond acceptors (Lipinski definition) is 6. The average Bonchev–Trinajstić information content (AvgIpc) is 2.89. The fourth-order valence-corrected chi connectivity index (χ4v) is 2.55. The van der Waals surface area contributed by atoms with Gasteiger partial charge >= 0.3 is 0 Å². The number of nitrogens with one attached hydrogen (secondary N) is 1. The van der Waals surface area contributed by atoms with Crippen LogP contribution in [-0.2, 0) is 12.8 Å². The molecule has 0 radical (unpaired) electrons. The van der Waals surface area contributed by atoms with Crippen molar-refractivity contribution in [2.45, 2.75) is 12.8 Å². The molecule has 0 bridgehead atoms. The maximum Gasteiger partial charge on any atom is 0.180 e. The third-order valence-electron chi connectivity index (χ3n) is 2.17. The molecule has 3 N–H and O–H groups in total. The Balaban J connectivity index is 1.59. The molecule has 6 heteroatoms. The van der Waals surface area contributed by atoms with Gasteiger partial charge in [0, 0.05) is 36.7 Å². The maximum absolute atomic E-state index is 5.55. The molecular weight excluding hydrogens is 240 g/mol. The molecule has 0 saturated carbocycles. The van der Waals surface area contributed by atoms with Crippen molar-refractivity contribution in [1.82, 2.24) is 15.3 Å². The van der Waals surface area contributed by atoms with Gasteiger partial charge < -0.3 is 11.1 Å². The largest absolute Gasteiger partial charge is 0.375 e. The van der Waals surface area contributed by atoms with Crippen LogP contribution in [-0.4, -0.2) is 23.1 Å². The molecule has 2 aromatic rings. The molecule has 0 unspecified atom stereocenters. The number of nitrogens with zero attached hydrogens (tertiary/aromatic N) is 2. The SMILES string of the molecule is Nc1nc(CCNCCc2cscn2)cs1. The number of nitrogen functional groups attached to an aromatic ring is 1. The molecule has 2 heterocycles. The molecule has 0 amide bonds. The highest BCUT2D eigenvalue weighted by molar-refractivity contribution is 7.13. The predicted molar refractivity (Wildman–Crippen MR) is 68.9 cm³/mol. The third-order valence-corrected chi connectivity index (χ3v) is 3.53. The van der Waals surface area contributed by atoms with E-state index >= 15 is 0 Å². The van der Waals surface area contributed by atoms with E-state index in [1.165, 1.54) is 11.3 Å². The number of nitrogens with two attached hydrogens (primary N) is 1. The van der Waals surface area contributed by atoms with E-state index in [9.17, 15) is 0 Å². The molecule has 0 aliphatic heterocycles. The van der Waals surface area contributed by atoms with Crippen LogP contribution in [0, 0.1) is 0 Å². The summed E-state index contributed by atoms with van der Waals surface area (Å²) in [5.74, 6) is 0. The van der Waals surface area contributed by atoms with E-state index < -0.39 is 0 Å². The molecule has 0 aliphatic rings. The van der Waals surface area contributed by atoms with Gasteiger partial charge in [-0.15, -0.1) is 22.7 Å². The number of rotatable bonds is 6. The Morgan fingerprint density at radius 3 is 2.62 bits per heavy atom. The van der Waals surface area contributed by atoms with Crippen LogP contribution in [0.15, 0.2) is 16.3 Å². The summed E-state index contributed by atoms with van der Waals surface area (Å²) in [4.78, 5) is 8.43. The van der Waals surface area contributed by atoms with Crippen molar-refractivity contribution >= 4 is 27.8 Å². The monoisotopic (exact) mass is 254 g/mol. The molecule has 0 aromatic carbocycles. The zero-order chi connectivity index (χ0) is 11.2. The highest BCUT2D eigenvalue weighted by Gasteiger charge is 1.98. The number of hydrogen-bond donors (Lipinski definition) is 2. The van der Waals surface area contributed by atoms with Gasteiger partial charge in [0.1, 0.15) is 0 Å². The van der Waals surface area contributed by atoms with E-state index in [-0.39, 0.29) is 0 Å². The van der Waals surface area contributed by atoms with E-state index in [1.54, 1.807) is 11.3 Å². The quantitative estimate of drug-likeness (QED) is 0.768. The van der Waals surface area contributed by atoms with Crippen molar-refractivity contribution in [3.63, 3.8) is 0 Å². The highest BCUT2D eigenvalue weighted by atomic mass is 32.1. The Kier molecular flexibility index (Phi) is 4.26. The zero-order valence-electron chi connectivity index (χ0n) is 8.85. The molecular formula is C10H14N4S2. The number of aromatic nitrogens is 2. The van der Waals surface area contributed by atoms with Crippen molar-refractivity contribution in [3.05, 3.63) is 27.7 Å². The van der Waals surface area contributed by atoms with Gasteiger partial charge in [-0.3, -0.25) is 0 Å². The van der Waals surface area contributed by atoms with Gasteiger partial charge in [0.2, 0.25) is 0 Å². The minimum Gasteiger partial charge on any atom is -0.375 e. The van der Waals surface area contributed by atoms with Crippen LogP contribution in [0.1, 0.15) is 11.4 Å². The summed E-state index contributed by atoms with van der Waals surface area (Å²) in [5, 5.41) is 8.12. The lowest BCUT2D eigenvalue weighted by Crippen LogP contribution is -2.20. The van der Waals surface area contributed by atoms with E-state index in [2.05, 4.69) is 20.7 Å². The van der Waals surface area contributed by atoms with Crippen molar-refractivity contribution in [2.75, 3.05) is 18.8 Å². The first-order valence-corrected chi connectivity index (χ1v) is 6.94. The molecule has 16 heavy (non-hydrogen) atoms. The van der Waals surface area contributed by atoms with Crippen LogP contribution in [0.5, 0.6) is 0 Å². The van der Waals surface area contributed by atoms with E-state index in [0.29, 0.717) is 5.13 Å². The predicted octanol–water partition coefficient (Wildman–Crippen LogP) is 1.56. The van der Waals surface area contributed by atoms with Gasteiger partial charge in [-0.05, 0) is 0 Å². The Morgan fingerprint density at radius 2 is 2.00 bits per heavy atom. The van der Waals surface area contributed by atoms with Gasteiger partial charge in [-0.1, -0.05) is 0 Å². The van der Waals surface area contributed by atoms with Gasteiger partial charge in [0.15, 0.2) is 5.13 Å². The first-order valence-electron chi connectivity index (χ1n) is 5.12. The first-order chi connectivity index (χ1) is 7.84. The molecule has 4 nitrogen and oxygen atoms in total. The second-order valence-electron chi connectivity index (χ2n) is 3.41. The highest BCUT2D eigenvalue weighted by Crippen LogP contribution is 2.10. The number of thiazole rings is 2. The minimum absolute atomic E-state index is 0.650. The molecule has 0 aliphatic carbocycles. The Bertz CT molecular complexity index is 410. The van der Waals surface area contributed by atoms with Gasteiger partial charge in [0.25, 0.3) is 0 Å². The summed E-state index contributed by atoms with van der Waals surface area (Å²) in [6.07, 6.45) is 1.92. The third kappa shape index (κ3) is 3.55. The van der Waals surface area contributed by atoms with Crippen molar-refractivity contribution < 1.29 is 0 Å². The average molecular weight is 254 g/mol. The Morgan fingerprint density at radius 1 is 1.19 bits per heavy atom. The molecule has 2 aromatic heterocycles. The summed E-state index contributed by atoms with van der Waals surface area (Å²) in [5.41, 5.74) is 9.66. The lowest BCUT2D eigenvalue weighted by Gasteiger charge is -2.01. The molecule has 0 spiro atoms. The zero-order valence-corrected chi connectivity index (χ0v) is 10.5. The van der Waals surface area contributed by atoms with Crippen LogP contribution in [0.2, 0.25) is 0 Å². The fraction of sp³-hybridized carbons (Fsp3) is 0.400. The number of anilines is 1. The van der Waals surface area contributed by atoms with E-state index in [1.807, 2.05) is 10.9 Å². The van der Waals surface area contributed by atoms with Crippen molar-refractivity contribution in [3.8, 4) is 0 Å². The molecule has 86 valence electrons. The lowest BCUT2D eigenvalue weighted by molar-refractivity contribution is 0.672.